The number of aliphatic hydroxyl groups excluding tert-OH is 2. The summed E-state index contributed by atoms with van der Waals surface area (Å²) in [6, 6.07) is 0. The molecule has 45 heavy (non-hydrogen) atoms. The van der Waals surface area contributed by atoms with Crippen LogP contribution in [0.5, 0.6) is 0 Å². The Balaban J connectivity index is 3.77. The second-order valence-electron chi connectivity index (χ2n) is 12.6. The first-order valence-electron chi connectivity index (χ1n) is 18.2. The average Bonchev–Trinajstić information content (AvgIpc) is 3.02. The Bertz CT molecular complexity index is 797. The number of aliphatic hydroxyl groups is 2. The normalized spacial score (nSPS) is 13.6. The van der Waals surface area contributed by atoms with Crippen LogP contribution in [-0.4, -0.2) is 47.6 Å². The van der Waals surface area contributed by atoms with Gasteiger partial charge in [0.05, 0.1) is 12.7 Å². The van der Waals surface area contributed by atoms with Crippen molar-refractivity contribution in [3.05, 3.63) is 48.6 Å². The molecular formula is C39H68O6. The molecule has 0 rings (SSSR count). The van der Waals surface area contributed by atoms with Crippen molar-refractivity contribution in [1.29, 1.82) is 0 Å². The summed E-state index contributed by atoms with van der Waals surface area (Å²) in [7, 11) is 0. The first-order chi connectivity index (χ1) is 21.9. The molecule has 0 bridgehead atoms. The predicted molar refractivity (Wildman–Crippen MR) is 188 cm³/mol. The fraction of sp³-hybridized carbons (Fsp3) is 0.744. The van der Waals surface area contributed by atoms with Crippen LogP contribution in [-0.2, 0) is 19.1 Å². The summed E-state index contributed by atoms with van der Waals surface area (Å²) in [6.45, 7) is 6.30. The van der Waals surface area contributed by atoms with Crippen molar-refractivity contribution in [3.63, 3.8) is 0 Å². The molecule has 0 aliphatic rings. The first kappa shape index (κ1) is 42.8. The number of allylic oxidation sites excluding steroid dienone is 6. The van der Waals surface area contributed by atoms with Crippen molar-refractivity contribution in [2.24, 2.45) is 5.92 Å². The van der Waals surface area contributed by atoms with E-state index in [0.29, 0.717) is 19.3 Å². The predicted octanol–water partition coefficient (Wildman–Crippen LogP) is 9.89. The monoisotopic (exact) mass is 633 g/mol. The summed E-state index contributed by atoms with van der Waals surface area (Å²) >= 11 is 0. The van der Waals surface area contributed by atoms with Crippen LogP contribution in [0.4, 0.5) is 0 Å². The van der Waals surface area contributed by atoms with Crippen LogP contribution >= 0.6 is 0 Å². The smallest absolute Gasteiger partial charge is 0.306 e. The van der Waals surface area contributed by atoms with E-state index >= 15 is 0 Å². The zero-order valence-corrected chi connectivity index (χ0v) is 29.1. The minimum atomic E-state index is -0.820. The number of ether oxygens (including phenoxy) is 2. The van der Waals surface area contributed by atoms with Crippen molar-refractivity contribution in [1.82, 2.24) is 0 Å². The Hall–Kier alpha value is -2.18. The number of unbranched alkanes of at least 4 members (excludes halogenated alkanes) is 13. The summed E-state index contributed by atoms with van der Waals surface area (Å²) in [5.41, 5.74) is 0. The Labute approximate surface area is 276 Å². The van der Waals surface area contributed by atoms with E-state index in [9.17, 15) is 19.8 Å². The quantitative estimate of drug-likeness (QED) is 0.0342. The van der Waals surface area contributed by atoms with Gasteiger partial charge in [-0.2, -0.15) is 0 Å². The Morgan fingerprint density at radius 1 is 0.689 bits per heavy atom. The van der Waals surface area contributed by atoms with Crippen LogP contribution in [0.3, 0.4) is 0 Å². The molecule has 260 valence electrons. The van der Waals surface area contributed by atoms with Gasteiger partial charge in [-0.05, 0) is 50.9 Å². The van der Waals surface area contributed by atoms with Gasteiger partial charge in [0.25, 0.3) is 0 Å². The average molecular weight is 633 g/mol. The topological polar surface area (TPSA) is 93.1 Å². The molecule has 2 N–H and O–H groups in total. The number of hydrogen-bond donors (Lipinski definition) is 2. The molecule has 0 aliphatic carbocycles. The molecule has 0 aromatic carbocycles. The lowest BCUT2D eigenvalue weighted by Gasteiger charge is -2.15. The van der Waals surface area contributed by atoms with Crippen LogP contribution in [0.1, 0.15) is 156 Å². The van der Waals surface area contributed by atoms with Gasteiger partial charge in [-0.15, -0.1) is 0 Å². The van der Waals surface area contributed by atoms with E-state index in [1.165, 1.54) is 70.6 Å². The summed E-state index contributed by atoms with van der Waals surface area (Å²) in [4.78, 5) is 24.2. The lowest BCUT2D eigenvalue weighted by atomic mass is 10.0. The molecule has 0 unspecified atom stereocenters. The fourth-order valence-corrected chi connectivity index (χ4v) is 4.81. The second-order valence-corrected chi connectivity index (χ2v) is 12.6. The maximum atomic E-state index is 12.1. The van der Waals surface area contributed by atoms with Gasteiger partial charge in [0, 0.05) is 12.8 Å². The number of carbonyl (C=O) groups excluding carboxylic acids is 2. The van der Waals surface area contributed by atoms with Crippen molar-refractivity contribution in [2.75, 3.05) is 13.2 Å². The Morgan fingerprint density at radius 2 is 1.31 bits per heavy atom. The summed E-state index contributed by atoms with van der Waals surface area (Å²) in [5.74, 6) is 0.117. The van der Waals surface area contributed by atoms with E-state index in [2.05, 4.69) is 26.8 Å². The number of rotatable bonds is 31. The van der Waals surface area contributed by atoms with Gasteiger partial charge in [-0.1, -0.05) is 146 Å². The molecule has 6 nitrogen and oxygen atoms in total. The van der Waals surface area contributed by atoms with Gasteiger partial charge in [0.15, 0.2) is 6.10 Å². The van der Waals surface area contributed by atoms with Crippen LogP contribution in [0.15, 0.2) is 48.6 Å². The van der Waals surface area contributed by atoms with Crippen molar-refractivity contribution >= 4 is 11.9 Å². The molecule has 0 fully saturated rings. The SMILES string of the molecule is CCCCC/C=C\C=C/[C@H](O)C/C=C\C/C=C/CCCC(=O)O[C@@H](CO)COC(=O)CCCCCCCCCCCCC(C)C. The third-order valence-corrected chi connectivity index (χ3v) is 7.63. The zero-order chi connectivity index (χ0) is 33.2. The maximum Gasteiger partial charge on any atom is 0.306 e. The number of carbonyl (C=O) groups is 2. The van der Waals surface area contributed by atoms with Gasteiger partial charge in [0.2, 0.25) is 0 Å². The largest absolute Gasteiger partial charge is 0.462 e. The van der Waals surface area contributed by atoms with Crippen molar-refractivity contribution < 1.29 is 29.3 Å². The highest BCUT2D eigenvalue weighted by Gasteiger charge is 2.16. The van der Waals surface area contributed by atoms with Crippen molar-refractivity contribution in [3.8, 4) is 0 Å². The third-order valence-electron chi connectivity index (χ3n) is 7.63. The lowest BCUT2D eigenvalue weighted by molar-refractivity contribution is -0.161. The fourth-order valence-electron chi connectivity index (χ4n) is 4.81. The highest BCUT2D eigenvalue weighted by Crippen LogP contribution is 2.14. The van der Waals surface area contributed by atoms with Crippen LogP contribution in [0.25, 0.3) is 0 Å². The summed E-state index contributed by atoms with van der Waals surface area (Å²) in [6.07, 6.45) is 36.3. The van der Waals surface area contributed by atoms with Gasteiger partial charge >= 0.3 is 11.9 Å². The van der Waals surface area contributed by atoms with Crippen LogP contribution in [0.2, 0.25) is 0 Å². The highest BCUT2D eigenvalue weighted by molar-refractivity contribution is 5.70. The van der Waals surface area contributed by atoms with Crippen LogP contribution < -0.4 is 0 Å². The van der Waals surface area contributed by atoms with E-state index in [4.69, 9.17) is 9.47 Å². The third kappa shape index (κ3) is 33.0. The molecule has 0 amide bonds. The highest BCUT2D eigenvalue weighted by atomic mass is 16.6. The lowest BCUT2D eigenvalue weighted by Crippen LogP contribution is -2.28. The van der Waals surface area contributed by atoms with Gasteiger partial charge in [-0.25, -0.2) is 0 Å². The molecule has 0 aromatic heterocycles. The number of hydrogen-bond acceptors (Lipinski definition) is 6. The molecular weight excluding hydrogens is 564 g/mol. The minimum Gasteiger partial charge on any atom is -0.462 e. The minimum absolute atomic E-state index is 0.106. The second kappa shape index (κ2) is 33.2. The molecule has 6 heteroatoms. The molecule has 0 saturated carbocycles. The van der Waals surface area contributed by atoms with Gasteiger partial charge in [-0.3, -0.25) is 9.59 Å². The number of esters is 2. The first-order valence-corrected chi connectivity index (χ1v) is 18.2. The molecule has 0 spiro atoms. The van der Waals surface area contributed by atoms with Crippen LogP contribution in [0, 0.1) is 5.92 Å². The zero-order valence-electron chi connectivity index (χ0n) is 29.1. The Kier molecular flexibility index (Phi) is 31.6. The maximum absolute atomic E-state index is 12.1. The summed E-state index contributed by atoms with van der Waals surface area (Å²) in [5, 5.41) is 19.5. The van der Waals surface area contributed by atoms with E-state index in [1.807, 2.05) is 42.5 Å². The molecule has 0 radical (unpaired) electrons. The Morgan fingerprint density at radius 3 is 1.98 bits per heavy atom. The molecule has 0 aliphatic heterocycles. The standard InChI is InChI=1S/C39H68O6/c1-4-5-6-7-13-19-24-29-36(41)30-25-20-15-12-17-22-27-32-39(43)45-37(33-40)34-44-38(42)31-26-21-16-11-9-8-10-14-18-23-28-35(2)3/h12-13,17,19-20,24-25,29,35-37,40-41H,4-11,14-16,18,21-23,26-28,30-34H2,1-3H3/b17-12+,19-13-,25-20-,29-24-/t36-,37-/m0/s1. The van der Waals surface area contributed by atoms with E-state index in [-0.39, 0.29) is 25.6 Å². The van der Waals surface area contributed by atoms with Crippen molar-refractivity contribution in [2.45, 2.75) is 168 Å². The van der Waals surface area contributed by atoms with E-state index in [1.54, 1.807) is 0 Å². The molecule has 0 saturated heterocycles. The van der Waals surface area contributed by atoms with Gasteiger partial charge < -0.3 is 19.7 Å². The molecule has 2 atom stereocenters. The molecule has 0 aromatic rings. The van der Waals surface area contributed by atoms with E-state index < -0.39 is 18.2 Å². The summed E-state index contributed by atoms with van der Waals surface area (Å²) < 4.78 is 10.5. The van der Waals surface area contributed by atoms with E-state index in [0.717, 1.165) is 44.4 Å². The molecule has 0 heterocycles. The van der Waals surface area contributed by atoms with Gasteiger partial charge in [0.1, 0.15) is 6.61 Å².